The van der Waals surface area contributed by atoms with Crippen LogP contribution in [0.25, 0.3) is 0 Å². The van der Waals surface area contributed by atoms with Gasteiger partial charge in [0.05, 0.1) is 6.04 Å². The summed E-state index contributed by atoms with van der Waals surface area (Å²) in [5.74, 6) is -2.62. The summed E-state index contributed by atoms with van der Waals surface area (Å²) in [6.07, 6.45) is 3.56. The fraction of sp³-hybridized carbons (Fsp3) is 0.632. The lowest BCUT2D eigenvalue weighted by atomic mass is 9.92. The van der Waals surface area contributed by atoms with Crippen molar-refractivity contribution in [2.24, 2.45) is 17.8 Å². The van der Waals surface area contributed by atoms with Crippen molar-refractivity contribution >= 4 is 40.9 Å². The molecule has 3 rings (SSSR count). The molecule has 1 aromatic heterocycles. The first-order valence-electron chi connectivity index (χ1n) is 18.3. The van der Waals surface area contributed by atoms with Gasteiger partial charge in [-0.25, -0.2) is 10.5 Å². The maximum atomic E-state index is 14.2. The number of nitrogens with one attached hydrogen (secondary N) is 3. The van der Waals surface area contributed by atoms with Gasteiger partial charge in [-0.2, -0.15) is 0 Å². The lowest BCUT2D eigenvalue weighted by Gasteiger charge is -2.38. The number of likely N-dealkylation sites (tertiary alicyclic amines) is 1. The molecule has 0 saturated carbocycles. The normalized spacial score (nSPS) is 18.3. The number of carbonyl (C=O) groups is 5. The highest BCUT2D eigenvalue weighted by molar-refractivity contribution is 7.09. The van der Waals surface area contributed by atoms with Gasteiger partial charge in [-0.15, -0.1) is 11.3 Å². The Hall–Kier alpha value is -3.88. The maximum absolute atomic E-state index is 14.2. The first kappa shape index (κ1) is 42.5. The number of hydrogen-bond acceptors (Lipinski definition) is 10. The third-order valence-electron chi connectivity index (χ3n) is 10.1. The molecule has 52 heavy (non-hydrogen) atoms. The molecular weight excluding hydrogens is 685 g/mol. The van der Waals surface area contributed by atoms with Crippen LogP contribution in [0.4, 0.5) is 0 Å². The van der Waals surface area contributed by atoms with Crippen LogP contribution in [-0.2, 0) is 30.3 Å². The molecule has 0 bridgehead atoms. The standard InChI is InChI=1S/C38H58N6O7S/c1-9-24(4)33(41-36(48)30-17-13-14-18-43(30)7)38(49)44(8)31(23(2)3)21-32(51-26(6)45)37-40-29(22-52-37)35(47)39-28(19-25(5)34(46)42-50)20-27-15-11-10-12-16-27/h10-12,15-16,22-25,28,30-33,50H,9,13-14,17-21H2,1-8H3,(H,39,47)(H,41,48)(H,42,46). The predicted octanol–water partition coefficient (Wildman–Crippen LogP) is 4.51. The summed E-state index contributed by atoms with van der Waals surface area (Å²) in [4.78, 5) is 73.9. The van der Waals surface area contributed by atoms with Crippen molar-refractivity contribution in [3.63, 3.8) is 0 Å². The monoisotopic (exact) mass is 742 g/mol. The molecule has 2 aromatic rings. The van der Waals surface area contributed by atoms with Crippen molar-refractivity contribution in [2.75, 3.05) is 20.6 Å². The van der Waals surface area contributed by atoms with Crippen molar-refractivity contribution in [3.8, 4) is 0 Å². The number of amides is 4. The largest absolute Gasteiger partial charge is 0.455 e. The number of ether oxygens (including phenoxy) is 1. The fourth-order valence-electron chi connectivity index (χ4n) is 6.75. The Morgan fingerprint density at radius 1 is 1.06 bits per heavy atom. The molecule has 0 aliphatic carbocycles. The first-order chi connectivity index (χ1) is 24.7. The van der Waals surface area contributed by atoms with E-state index in [4.69, 9.17) is 9.94 Å². The number of likely N-dealkylation sites (N-methyl/N-ethyl adjacent to an activating group) is 2. The van der Waals surface area contributed by atoms with E-state index in [1.54, 1.807) is 29.7 Å². The van der Waals surface area contributed by atoms with Gasteiger partial charge in [0.15, 0.2) is 6.10 Å². The average molecular weight is 743 g/mol. The Morgan fingerprint density at radius 3 is 2.35 bits per heavy atom. The van der Waals surface area contributed by atoms with Gasteiger partial charge in [0.1, 0.15) is 16.7 Å². The molecule has 0 spiro atoms. The minimum absolute atomic E-state index is 0.0515. The third-order valence-corrected chi connectivity index (χ3v) is 11.1. The minimum atomic E-state index is -0.840. The van der Waals surface area contributed by atoms with Gasteiger partial charge in [-0.1, -0.05) is 77.8 Å². The van der Waals surface area contributed by atoms with E-state index in [2.05, 4.69) is 15.6 Å². The summed E-state index contributed by atoms with van der Waals surface area (Å²) >= 11 is 1.18. The predicted molar refractivity (Wildman–Crippen MR) is 199 cm³/mol. The topological polar surface area (TPSA) is 170 Å². The van der Waals surface area contributed by atoms with Crippen LogP contribution in [0.1, 0.15) is 107 Å². The number of piperidine rings is 1. The summed E-state index contributed by atoms with van der Waals surface area (Å²) in [5, 5.41) is 17.2. The number of thiazole rings is 1. The second-order valence-electron chi connectivity index (χ2n) is 14.5. The van der Waals surface area contributed by atoms with Crippen LogP contribution in [0.3, 0.4) is 0 Å². The smallest absolute Gasteiger partial charge is 0.303 e. The molecule has 7 unspecified atom stereocenters. The molecule has 1 aliphatic rings. The van der Waals surface area contributed by atoms with Crippen LogP contribution in [0, 0.1) is 17.8 Å². The van der Waals surface area contributed by atoms with E-state index in [0.717, 1.165) is 31.4 Å². The number of hydroxylamine groups is 1. The van der Waals surface area contributed by atoms with Gasteiger partial charge < -0.3 is 20.3 Å². The van der Waals surface area contributed by atoms with Gasteiger partial charge >= 0.3 is 5.97 Å². The van der Waals surface area contributed by atoms with E-state index in [1.807, 2.05) is 70.0 Å². The van der Waals surface area contributed by atoms with Gasteiger partial charge in [-0.3, -0.25) is 34.1 Å². The minimum Gasteiger partial charge on any atom is -0.455 e. The molecular formula is C38H58N6O7S. The van der Waals surface area contributed by atoms with E-state index < -0.39 is 47.9 Å². The van der Waals surface area contributed by atoms with E-state index in [9.17, 15) is 24.0 Å². The van der Waals surface area contributed by atoms with Crippen molar-refractivity contribution in [2.45, 2.75) is 117 Å². The molecule has 2 heterocycles. The number of rotatable bonds is 18. The molecule has 1 fully saturated rings. The van der Waals surface area contributed by atoms with Crippen molar-refractivity contribution in [3.05, 3.63) is 52.0 Å². The third kappa shape index (κ3) is 12.1. The number of benzene rings is 1. The van der Waals surface area contributed by atoms with Crippen LogP contribution >= 0.6 is 11.3 Å². The Balaban J connectivity index is 1.81. The number of aromatic nitrogens is 1. The van der Waals surface area contributed by atoms with Crippen LogP contribution in [0.2, 0.25) is 0 Å². The molecule has 13 nitrogen and oxygen atoms in total. The van der Waals surface area contributed by atoms with Gasteiger partial charge in [0.2, 0.25) is 17.7 Å². The van der Waals surface area contributed by atoms with E-state index in [0.29, 0.717) is 17.8 Å². The van der Waals surface area contributed by atoms with Gasteiger partial charge in [0.25, 0.3) is 5.91 Å². The van der Waals surface area contributed by atoms with Crippen LogP contribution in [0.15, 0.2) is 35.7 Å². The van der Waals surface area contributed by atoms with Crippen LogP contribution in [-0.4, -0.2) is 94.4 Å². The summed E-state index contributed by atoms with van der Waals surface area (Å²) in [7, 11) is 3.66. The number of carbonyl (C=O) groups excluding carboxylic acids is 5. The highest BCUT2D eigenvalue weighted by Gasteiger charge is 2.37. The first-order valence-corrected chi connectivity index (χ1v) is 19.2. The Labute approximate surface area is 312 Å². The van der Waals surface area contributed by atoms with Crippen molar-refractivity contribution in [1.82, 2.24) is 30.9 Å². The SMILES string of the molecule is CCC(C)C(NC(=O)C1CCCCN1C)C(=O)N(C)C(CC(OC(C)=O)c1nc(C(=O)NC(Cc2ccccc2)CC(C)C(=O)NO)cs1)C(C)C. The summed E-state index contributed by atoms with van der Waals surface area (Å²) < 4.78 is 5.77. The molecule has 1 aromatic carbocycles. The molecule has 0 radical (unpaired) electrons. The second kappa shape index (κ2) is 20.4. The Bertz CT molecular complexity index is 1490. The Kier molecular flexibility index (Phi) is 16.7. The van der Waals surface area contributed by atoms with Crippen LogP contribution in [0.5, 0.6) is 0 Å². The van der Waals surface area contributed by atoms with E-state index in [-0.39, 0.29) is 48.2 Å². The second-order valence-corrected chi connectivity index (χ2v) is 15.4. The van der Waals surface area contributed by atoms with Crippen molar-refractivity contribution < 1.29 is 33.9 Å². The zero-order valence-electron chi connectivity index (χ0n) is 31.9. The van der Waals surface area contributed by atoms with Gasteiger partial charge in [-0.05, 0) is 56.7 Å². The molecule has 14 heteroatoms. The molecule has 4 amide bonds. The highest BCUT2D eigenvalue weighted by Crippen LogP contribution is 2.31. The Morgan fingerprint density at radius 2 is 1.75 bits per heavy atom. The fourth-order valence-corrected chi connectivity index (χ4v) is 7.59. The molecule has 7 atom stereocenters. The number of esters is 1. The summed E-state index contributed by atoms with van der Waals surface area (Å²) in [5.41, 5.74) is 2.78. The number of nitrogens with zero attached hydrogens (tertiary/aromatic N) is 3. The zero-order valence-corrected chi connectivity index (χ0v) is 32.7. The summed E-state index contributed by atoms with van der Waals surface area (Å²) in [6, 6.07) is 7.71. The quantitative estimate of drug-likeness (QED) is 0.0976. The lowest BCUT2D eigenvalue weighted by molar-refractivity contribution is -0.149. The molecule has 1 saturated heterocycles. The van der Waals surface area contributed by atoms with E-state index >= 15 is 0 Å². The van der Waals surface area contributed by atoms with Gasteiger partial charge in [0, 0.05) is 43.8 Å². The number of hydrogen-bond donors (Lipinski definition) is 4. The average Bonchev–Trinajstić information content (AvgIpc) is 3.62. The molecule has 4 N–H and O–H groups in total. The summed E-state index contributed by atoms with van der Waals surface area (Å²) in [6.45, 7) is 11.7. The van der Waals surface area contributed by atoms with Crippen molar-refractivity contribution in [1.29, 1.82) is 0 Å². The van der Waals surface area contributed by atoms with Crippen LogP contribution < -0.4 is 16.1 Å². The molecule has 288 valence electrons. The van der Waals surface area contributed by atoms with E-state index in [1.165, 1.54) is 18.3 Å². The molecule has 1 aliphatic heterocycles. The lowest BCUT2D eigenvalue weighted by Crippen LogP contribution is -2.58. The zero-order chi connectivity index (χ0) is 38.5. The highest BCUT2D eigenvalue weighted by atomic mass is 32.1. The maximum Gasteiger partial charge on any atom is 0.303 e.